The van der Waals surface area contributed by atoms with Crippen LogP contribution in [0.2, 0.25) is 0 Å². The Bertz CT molecular complexity index is 646. The zero-order valence-electron chi connectivity index (χ0n) is 11.6. The van der Waals surface area contributed by atoms with Crippen LogP contribution in [0.4, 0.5) is 0 Å². The molecule has 114 valence electrons. The predicted octanol–water partition coefficient (Wildman–Crippen LogP) is -0.516. The van der Waals surface area contributed by atoms with E-state index in [1.54, 1.807) is 4.57 Å². The number of fused-ring (bicyclic) bond motifs is 1. The molecule has 0 saturated carbocycles. The van der Waals surface area contributed by atoms with Crippen LogP contribution in [0.1, 0.15) is 12.6 Å². The molecule has 9 heteroatoms. The third-order valence-electron chi connectivity index (χ3n) is 3.46. The lowest BCUT2D eigenvalue weighted by molar-refractivity contribution is -0.0450. The van der Waals surface area contributed by atoms with Gasteiger partial charge in [-0.15, -0.1) is 0 Å². The van der Waals surface area contributed by atoms with E-state index in [4.69, 9.17) is 14.2 Å². The summed E-state index contributed by atoms with van der Waals surface area (Å²) in [4.78, 5) is 12.5. The van der Waals surface area contributed by atoms with E-state index in [2.05, 4.69) is 15.0 Å². The van der Waals surface area contributed by atoms with Crippen molar-refractivity contribution in [1.29, 1.82) is 0 Å². The molecule has 2 aromatic rings. The maximum absolute atomic E-state index is 9.88. The second kappa shape index (κ2) is 5.43. The first kappa shape index (κ1) is 14.0. The van der Waals surface area contributed by atoms with E-state index in [-0.39, 0.29) is 12.6 Å². The Balaban J connectivity index is 2.09. The van der Waals surface area contributed by atoms with E-state index in [1.807, 2.05) is 0 Å². The van der Waals surface area contributed by atoms with Gasteiger partial charge in [-0.25, -0.2) is 4.98 Å². The van der Waals surface area contributed by atoms with Gasteiger partial charge >= 0.3 is 6.01 Å². The van der Waals surface area contributed by atoms with Gasteiger partial charge in [0.1, 0.15) is 18.7 Å². The van der Waals surface area contributed by atoms with Crippen LogP contribution in [-0.4, -0.2) is 62.8 Å². The molecule has 0 aliphatic carbocycles. The third-order valence-corrected chi connectivity index (χ3v) is 3.46. The number of nitrogens with zero attached hydrogens (tertiary/aromatic N) is 4. The van der Waals surface area contributed by atoms with E-state index in [0.717, 1.165) is 0 Å². The van der Waals surface area contributed by atoms with Crippen LogP contribution in [0.3, 0.4) is 0 Å². The smallest absolute Gasteiger partial charge is 0.300 e. The van der Waals surface area contributed by atoms with Crippen molar-refractivity contribution in [1.82, 2.24) is 19.5 Å². The average Bonchev–Trinajstić information content (AvgIpc) is 3.06. The number of aliphatic hydroxyl groups excluding tert-OH is 2. The van der Waals surface area contributed by atoms with Gasteiger partial charge in [0.2, 0.25) is 5.88 Å². The summed E-state index contributed by atoms with van der Waals surface area (Å²) < 4.78 is 17.7. The summed E-state index contributed by atoms with van der Waals surface area (Å²) in [5.74, 6) is 0.328. The van der Waals surface area contributed by atoms with Gasteiger partial charge in [0.05, 0.1) is 26.9 Å². The van der Waals surface area contributed by atoms with Crippen molar-refractivity contribution in [2.75, 3.05) is 20.8 Å². The van der Waals surface area contributed by atoms with Crippen LogP contribution < -0.4 is 9.47 Å². The normalized spacial score (nSPS) is 25.4. The number of imidazole rings is 1. The van der Waals surface area contributed by atoms with Crippen molar-refractivity contribution < 1.29 is 24.4 Å². The zero-order chi connectivity index (χ0) is 15.0. The standard InChI is InChI=1S/C12H16N4O5/c1-19-11-9-10(13-5-14-11)16(12(15-9)20-2)8-3-6(18)7(4-17)21-8/h5-8,17-18H,3-4H2,1-2H3/t6-,7+,8+/m1/s1. The minimum Gasteiger partial charge on any atom is -0.479 e. The molecule has 3 heterocycles. The molecular weight excluding hydrogens is 280 g/mol. The molecule has 1 saturated heterocycles. The summed E-state index contributed by atoms with van der Waals surface area (Å²) in [6, 6.07) is 0.277. The molecule has 3 atom stereocenters. The number of ether oxygens (including phenoxy) is 3. The summed E-state index contributed by atoms with van der Waals surface area (Å²) in [5, 5.41) is 19.1. The van der Waals surface area contributed by atoms with Gasteiger partial charge in [-0.05, 0) is 0 Å². The van der Waals surface area contributed by atoms with E-state index in [1.165, 1.54) is 20.5 Å². The van der Waals surface area contributed by atoms with Crippen molar-refractivity contribution in [3.8, 4) is 11.9 Å². The molecule has 1 aliphatic rings. The van der Waals surface area contributed by atoms with E-state index in [9.17, 15) is 10.2 Å². The number of rotatable bonds is 4. The van der Waals surface area contributed by atoms with E-state index >= 15 is 0 Å². The molecule has 0 amide bonds. The summed E-state index contributed by atoms with van der Waals surface area (Å²) in [6.45, 7) is -0.259. The fourth-order valence-corrected chi connectivity index (χ4v) is 2.46. The molecule has 21 heavy (non-hydrogen) atoms. The highest BCUT2D eigenvalue weighted by Gasteiger charge is 2.37. The largest absolute Gasteiger partial charge is 0.479 e. The van der Waals surface area contributed by atoms with E-state index in [0.29, 0.717) is 23.5 Å². The second-order valence-electron chi connectivity index (χ2n) is 4.64. The Morgan fingerprint density at radius 3 is 2.81 bits per heavy atom. The lowest BCUT2D eigenvalue weighted by Crippen LogP contribution is -2.24. The fraction of sp³-hybridized carbons (Fsp3) is 0.583. The number of aliphatic hydroxyl groups is 2. The number of aromatic nitrogens is 4. The first-order chi connectivity index (χ1) is 10.2. The van der Waals surface area contributed by atoms with Crippen molar-refractivity contribution in [3.63, 3.8) is 0 Å². The highest BCUT2D eigenvalue weighted by molar-refractivity contribution is 5.77. The molecule has 0 bridgehead atoms. The molecule has 0 radical (unpaired) electrons. The van der Waals surface area contributed by atoms with Crippen molar-refractivity contribution in [3.05, 3.63) is 6.33 Å². The topological polar surface area (TPSA) is 112 Å². The summed E-state index contributed by atoms with van der Waals surface area (Å²) >= 11 is 0. The van der Waals surface area contributed by atoms with Crippen molar-refractivity contribution in [2.45, 2.75) is 24.9 Å². The second-order valence-corrected chi connectivity index (χ2v) is 4.64. The van der Waals surface area contributed by atoms with Crippen LogP contribution in [0, 0.1) is 0 Å². The lowest BCUT2D eigenvalue weighted by Gasteiger charge is -2.15. The van der Waals surface area contributed by atoms with Crippen molar-refractivity contribution >= 4 is 11.2 Å². The molecule has 2 aromatic heterocycles. The average molecular weight is 296 g/mol. The van der Waals surface area contributed by atoms with E-state index < -0.39 is 18.4 Å². The molecule has 1 aliphatic heterocycles. The summed E-state index contributed by atoms with van der Waals surface area (Å²) in [6.07, 6.45) is -0.268. The Kier molecular flexibility index (Phi) is 3.62. The van der Waals surface area contributed by atoms with Gasteiger partial charge in [0, 0.05) is 6.42 Å². The Labute approximate surface area is 120 Å². The van der Waals surface area contributed by atoms with Crippen molar-refractivity contribution in [2.24, 2.45) is 0 Å². The molecule has 9 nitrogen and oxygen atoms in total. The van der Waals surface area contributed by atoms with Crippen LogP contribution >= 0.6 is 0 Å². The first-order valence-corrected chi connectivity index (χ1v) is 6.44. The Hall–Kier alpha value is -1.97. The lowest BCUT2D eigenvalue weighted by atomic mass is 10.2. The highest BCUT2D eigenvalue weighted by Crippen LogP contribution is 2.35. The molecular formula is C12H16N4O5. The van der Waals surface area contributed by atoms with Gasteiger partial charge in [-0.2, -0.15) is 9.97 Å². The zero-order valence-corrected chi connectivity index (χ0v) is 11.6. The molecule has 0 spiro atoms. The highest BCUT2D eigenvalue weighted by atomic mass is 16.6. The Morgan fingerprint density at radius 2 is 2.19 bits per heavy atom. The van der Waals surface area contributed by atoms with Crippen LogP contribution in [0.25, 0.3) is 11.2 Å². The van der Waals surface area contributed by atoms with Gasteiger partial charge in [-0.3, -0.25) is 4.57 Å². The Morgan fingerprint density at radius 1 is 1.38 bits per heavy atom. The maximum atomic E-state index is 9.88. The van der Waals surface area contributed by atoms with Gasteiger partial charge in [0.25, 0.3) is 0 Å². The van der Waals surface area contributed by atoms with Crippen LogP contribution in [0.15, 0.2) is 6.33 Å². The van der Waals surface area contributed by atoms with Crippen LogP contribution in [0.5, 0.6) is 11.9 Å². The van der Waals surface area contributed by atoms with Gasteiger partial charge < -0.3 is 24.4 Å². The quantitative estimate of drug-likeness (QED) is 0.775. The minimum atomic E-state index is -0.758. The number of methoxy groups -OCH3 is 2. The molecule has 0 unspecified atom stereocenters. The summed E-state index contributed by atoms with van der Waals surface area (Å²) in [7, 11) is 2.97. The summed E-state index contributed by atoms with van der Waals surface area (Å²) in [5.41, 5.74) is 0.928. The molecule has 2 N–H and O–H groups in total. The maximum Gasteiger partial charge on any atom is 0.300 e. The monoisotopic (exact) mass is 296 g/mol. The minimum absolute atomic E-state index is 0.259. The number of hydrogen-bond donors (Lipinski definition) is 2. The van der Waals surface area contributed by atoms with Gasteiger partial charge in [-0.1, -0.05) is 0 Å². The number of hydrogen-bond acceptors (Lipinski definition) is 8. The molecule has 3 rings (SSSR count). The molecule has 0 aromatic carbocycles. The third kappa shape index (κ3) is 2.19. The predicted molar refractivity (Wildman–Crippen MR) is 70.0 cm³/mol. The van der Waals surface area contributed by atoms with Crippen LogP contribution in [-0.2, 0) is 4.74 Å². The van der Waals surface area contributed by atoms with Gasteiger partial charge in [0.15, 0.2) is 11.2 Å². The molecule has 1 fully saturated rings. The first-order valence-electron chi connectivity index (χ1n) is 6.44. The fourth-order valence-electron chi connectivity index (χ4n) is 2.46. The SMILES string of the molecule is COc1ncnc2c1nc(OC)n2[C@@H]1C[C@@H](O)[C@H](CO)O1.